The first-order valence-electron chi connectivity index (χ1n) is 3.60. The van der Waals surface area contributed by atoms with Gasteiger partial charge in [-0.05, 0) is 0 Å². The average Bonchev–Trinajstić information content (AvgIpc) is 1.97. The van der Waals surface area contributed by atoms with Crippen molar-refractivity contribution in [1.29, 1.82) is 0 Å². The van der Waals surface area contributed by atoms with Crippen LogP contribution in [0.2, 0.25) is 5.32 Å². The van der Waals surface area contributed by atoms with Crippen LogP contribution < -0.4 is 0 Å². The molecule has 0 saturated heterocycles. The van der Waals surface area contributed by atoms with Crippen molar-refractivity contribution < 1.29 is 0 Å². The van der Waals surface area contributed by atoms with Gasteiger partial charge in [0.25, 0.3) is 0 Å². The summed E-state index contributed by atoms with van der Waals surface area (Å²) in [6.45, 7) is 4.41. The van der Waals surface area contributed by atoms with Gasteiger partial charge >= 0.3 is 79.8 Å². The van der Waals surface area contributed by atoms with E-state index in [1.165, 1.54) is 27.0 Å². The predicted octanol–water partition coefficient (Wildman–Crippen LogP) is 2.95. The quantitative estimate of drug-likeness (QED) is 0.536. The van der Waals surface area contributed by atoms with Crippen LogP contribution in [0.3, 0.4) is 0 Å². The van der Waals surface area contributed by atoms with Gasteiger partial charge in [-0.25, -0.2) is 0 Å². The van der Waals surface area contributed by atoms with Gasteiger partial charge in [-0.3, -0.25) is 0 Å². The van der Waals surface area contributed by atoms with Gasteiger partial charge in [0, 0.05) is 0 Å². The minimum atomic E-state index is 0.629. The van der Waals surface area contributed by atoms with Crippen molar-refractivity contribution in [3.63, 3.8) is 0 Å². The fourth-order valence-corrected chi connectivity index (χ4v) is 3.81. The Hall–Kier alpha value is 0.959. The third-order valence-corrected chi connectivity index (χ3v) is 5.80. The molecule has 10 heavy (non-hydrogen) atoms. The normalized spacial score (nSPS) is 9.80. The summed E-state index contributed by atoms with van der Waals surface area (Å²) in [5.74, 6) is 1.21. The average molecular weight is 241 g/mol. The molecule has 0 heterocycles. The van der Waals surface area contributed by atoms with Gasteiger partial charge in [0.1, 0.15) is 0 Å². The second-order valence-corrected chi connectivity index (χ2v) is 7.20. The van der Waals surface area contributed by atoms with E-state index in [0.717, 1.165) is 0 Å². The van der Waals surface area contributed by atoms with Gasteiger partial charge in [0.2, 0.25) is 0 Å². The van der Waals surface area contributed by atoms with E-state index in [9.17, 15) is 0 Å². The zero-order valence-corrected chi connectivity index (χ0v) is 9.90. The van der Waals surface area contributed by atoms with Crippen molar-refractivity contribution in [1.82, 2.24) is 0 Å². The Morgan fingerprint density at radius 1 is 1.40 bits per heavy atom. The number of thioether (sulfide) groups is 1. The van der Waals surface area contributed by atoms with E-state index in [2.05, 4.69) is 13.8 Å². The molecule has 0 bridgehead atoms. The molecule has 0 atom stereocenters. The fourth-order valence-electron chi connectivity index (χ4n) is 0.412. The molecular weight excluding hydrogens is 227 g/mol. The van der Waals surface area contributed by atoms with Crippen LogP contribution in [0.4, 0.5) is 0 Å². The molecule has 0 aromatic carbocycles. The van der Waals surface area contributed by atoms with Crippen molar-refractivity contribution in [3.05, 3.63) is 0 Å². The molecular formula is C7H14S2Se. The van der Waals surface area contributed by atoms with E-state index >= 15 is 0 Å². The zero-order chi connectivity index (χ0) is 7.82. The van der Waals surface area contributed by atoms with Crippen LogP contribution in [-0.4, -0.2) is 23.8 Å². The molecule has 0 nitrogen and oxygen atoms in total. The second-order valence-electron chi connectivity index (χ2n) is 1.95. The van der Waals surface area contributed by atoms with Crippen LogP contribution in [0, 0.1) is 0 Å². The topological polar surface area (TPSA) is 0 Å². The van der Waals surface area contributed by atoms with E-state index < -0.39 is 0 Å². The van der Waals surface area contributed by atoms with Gasteiger partial charge in [-0.1, -0.05) is 0 Å². The van der Waals surface area contributed by atoms with Crippen molar-refractivity contribution in [3.8, 4) is 0 Å². The van der Waals surface area contributed by atoms with Gasteiger partial charge in [-0.15, -0.1) is 0 Å². The summed E-state index contributed by atoms with van der Waals surface area (Å²) in [6, 6.07) is 0. The van der Waals surface area contributed by atoms with Crippen LogP contribution in [0.15, 0.2) is 0 Å². The first kappa shape index (κ1) is 11.0. The Balaban J connectivity index is 3.09. The molecule has 0 saturated carbocycles. The van der Waals surface area contributed by atoms with Crippen LogP contribution in [0.1, 0.15) is 26.7 Å². The first-order valence-corrected chi connectivity index (χ1v) is 7.07. The number of thiocarbonyl (C=S) groups is 1. The Morgan fingerprint density at radius 2 is 2.10 bits per heavy atom. The van der Waals surface area contributed by atoms with Crippen molar-refractivity contribution in [2.24, 2.45) is 0 Å². The summed E-state index contributed by atoms with van der Waals surface area (Å²) in [7, 11) is 0. The van der Waals surface area contributed by atoms with Crippen LogP contribution in [0.5, 0.6) is 0 Å². The summed E-state index contributed by atoms with van der Waals surface area (Å²) >= 11 is 7.68. The molecule has 0 unspecified atom stereocenters. The molecule has 0 aromatic rings. The third-order valence-electron chi connectivity index (χ3n) is 0.848. The molecule has 0 rings (SSSR count). The van der Waals surface area contributed by atoms with Crippen molar-refractivity contribution in [2.75, 3.05) is 5.75 Å². The molecule has 0 fully saturated rings. The molecule has 0 aliphatic rings. The SMILES string of the molecule is CCCSC(=S)[Se]CCC. The minimum absolute atomic E-state index is 0.629. The molecule has 0 spiro atoms. The first-order chi connectivity index (χ1) is 4.81. The molecule has 0 N–H and O–H groups in total. The van der Waals surface area contributed by atoms with Crippen molar-refractivity contribution >= 4 is 42.0 Å². The van der Waals surface area contributed by atoms with Gasteiger partial charge in [-0.2, -0.15) is 0 Å². The molecule has 60 valence electrons. The molecule has 0 amide bonds. The maximum absolute atomic E-state index is 5.18. The Kier molecular flexibility index (Phi) is 8.83. The standard InChI is InChI=1S/C7H14S2Se/c1-3-5-9-7(8)10-6-4-2/h3-6H2,1-2H3. The summed E-state index contributed by atoms with van der Waals surface area (Å²) < 4.78 is 1.26. The zero-order valence-electron chi connectivity index (χ0n) is 6.55. The Morgan fingerprint density at radius 3 is 2.60 bits per heavy atom. The van der Waals surface area contributed by atoms with Gasteiger partial charge in [0.05, 0.1) is 0 Å². The molecule has 0 aliphatic heterocycles. The molecule has 0 radical (unpaired) electrons. The maximum atomic E-state index is 5.18. The number of hydrogen-bond acceptors (Lipinski definition) is 2. The van der Waals surface area contributed by atoms with E-state index in [-0.39, 0.29) is 0 Å². The Bertz CT molecular complexity index is 83.6. The van der Waals surface area contributed by atoms with E-state index in [1.807, 2.05) is 11.8 Å². The summed E-state index contributed by atoms with van der Waals surface area (Å²) in [4.78, 5) is 0. The third kappa shape index (κ3) is 7.07. The fraction of sp³-hybridized carbons (Fsp3) is 0.857. The van der Waals surface area contributed by atoms with Crippen LogP contribution in [-0.2, 0) is 0 Å². The van der Waals surface area contributed by atoms with Crippen LogP contribution >= 0.6 is 24.0 Å². The monoisotopic (exact) mass is 242 g/mol. The van der Waals surface area contributed by atoms with Gasteiger partial charge in [0.15, 0.2) is 0 Å². The van der Waals surface area contributed by atoms with Crippen LogP contribution in [0.25, 0.3) is 0 Å². The van der Waals surface area contributed by atoms with Gasteiger partial charge < -0.3 is 0 Å². The van der Waals surface area contributed by atoms with E-state index in [1.54, 1.807) is 0 Å². The van der Waals surface area contributed by atoms with Crippen molar-refractivity contribution in [2.45, 2.75) is 32.0 Å². The number of hydrogen-bond donors (Lipinski definition) is 0. The summed E-state index contributed by atoms with van der Waals surface area (Å²) in [5, 5.41) is 1.32. The van der Waals surface area contributed by atoms with E-state index in [4.69, 9.17) is 12.2 Å². The Labute approximate surface area is 79.7 Å². The number of rotatable bonds is 5. The molecule has 0 aromatic heterocycles. The van der Waals surface area contributed by atoms with E-state index in [0.29, 0.717) is 15.0 Å². The predicted molar refractivity (Wildman–Crippen MR) is 56.2 cm³/mol. The molecule has 0 aliphatic carbocycles. The molecule has 3 heteroatoms. The second kappa shape index (κ2) is 8.06. The summed E-state index contributed by atoms with van der Waals surface area (Å²) in [6.07, 6.45) is 2.53. The summed E-state index contributed by atoms with van der Waals surface area (Å²) in [5.41, 5.74) is 0.